The van der Waals surface area contributed by atoms with Gasteiger partial charge in [-0.2, -0.15) is 8.42 Å². The molecule has 1 aliphatic carbocycles. The summed E-state index contributed by atoms with van der Waals surface area (Å²) in [5.74, 6) is 0.750. The first kappa shape index (κ1) is 26.6. The van der Waals surface area contributed by atoms with Crippen molar-refractivity contribution in [3.8, 4) is 11.1 Å². The summed E-state index contributed by atoms with van der Waals surface area (Å²) in [4.78, 5) is 0. The van der Waals surface area contributed by atoms with Gasteiger partial charge >= 0.3 is 0 Å². The minimum absolute atomic E-state index is 0.442. The molecule has 2 atom stereocenters. The van der Waals surface area contributed by atoms with Gasteiger partial charge in [0.15, 0.2) is 0 Å². The molecule has 3 aromatic carbocycles. The van der Waals surface area contributed by atoms with Crippen molar-refractivity contribution in [2.45, 2.75) is 76.4 Å². The Labute approximate surface area is 217 Å². The summed E-state index contributed by atoms with van der Waals surface area (Å²) >= 11 is 0. The number of unbranched alkanes of at least 4 members (excludes halogenated alkanes) is 5. The zero-order valence-corrected chi connectivity index (χ0v) is 22.5. The van der Waals surface area contributed by atoms with E-state index in [1.165, 1.54) is 62.5 Å². The second-order valence-electron chi connectivity index (χ2n) is 10.6. The summed E-state index contributed by atoms with van der Waals surface area (Å²) in [6.07, 6.45) is 11.7. The van der Waals surface area contributed by atoms with Crippen LogP contribution in [0.2, 0.25) is 0 Å². The van der Waals surface area contributed by atoms with E-state index in [-0.39, 0.29) is 0 Å². The van der Waals surface area contributed by atoms with Gasteiger partial charge in [0.2, 0.25) is 0 Å². The van der Waals surface area contributed by atoms with E-state index in [2.05, 4.69) is 32.0 Å². The molecular formula is C32H39O3S. The Morgan fingerprint density at radius 2 is 1.36 bits per heavy atom. The lowest BCUT2D eigenvalue weighted by Crippen LogP contribution is -2.33. The van der Waals surface area contributed by atoms with Gasteiger partial charge in [0.05, 0.1) is 0 Å². The van der Waals surface area contributed by atoms with Crippen LogP contribution in [0.25, 0.3) is 11.1 Å². The third kappa shape index (κ3) is 5.76. The average molecular weight is 504 g/mol. The molecule has 3 aromatic rings. The molecule has 191 valence electrons. The average Bonchev–Trinajstić information content (AvgIpc) is 3.27. The summed E-state index contributed by atoms with van der Waals surface area (Å²) in [5.41, 5.74) is 6.97. The largest absolute Gasteiger partial charge is 0.285 e. The van der Waals surface area contributed by atoms with E-state index in [1.54, 1.807) is 24.3 Å². The van der Waals surface area contributed by atoms with E-state index in [4.69, 9.17) is 0 Å². The first-order valence-electron chi connectivity index (χ1n) is 13.3. The van der Waals surface area contributed by atoms with Gasteiger partial charge in [0.25, 0.3) is 10.1 Å². The number of benzene rings is 3. The van der Waals surface area contributed by atoms with Crippen LogP contribution < -0.4 is 0 Å². The SMILES string of the molecule is [CH2]C(c1ccc(C)cc1)(c1ccc(-c2ccc3c(c2)CC(CCCCCCCC)C3)cc1)S(=O)(=O)O. The molecule has 1 aliphatic rings. The van der Waals surface area contributed by atoms with Gasteiger partial charge in [0.1, 0.15) is 4.75 Å². The van der Waals surface area contributed by atoms with Crippen LogP contribution in [-0.2, 0) is 27.7 Å². The molecule has 1 radical (unpaired) electrons. The van der Waals surface area contributed by atoms with Crippen LogP contribution in [0.15, 0.2) is 66.7 Å². The monoisotopic (exact) mass is 503 g/mol. The molecule has 1 N–H and O–H groups in total. The van der Waals surface area contributed by atoms with Crippen molar-refractivity contribution in [2.24, 2.45) is 5.92 Å². The Hall–Kier alpha value is -2.43. The quantitative estimate of drug-likeness (QED) is 0.212. The summed E-state index contributed by atoms with van der Waals surface area (Å²) in [5, 5.41) is 0. The second kappa shape index (κ2) is 11.3. The standard InChI is InChI=1S/C32H39O3S/c1-4-5-6-7-8-9-10-25-21-27-13-14-28(23-29(27)22-25)26-15-19-31(20-16-26)32(3,36(33,34)35)30-17-11-24(2)12-18-30/h11-20,23,25H,3-10,21-22H2,1-2H3,(H,33,34,35). The Bertz CT molecular complexity index is 1260. The van der Waals surface area contributed by atoms with Crippen molar-refractivity contribution in [1.82, 2.24) is 0 Å². The van der Waals surface area contributed by atoms with Gasteiger partial charge < -0.3 is 0 Å². The molecule has 0 bridgehead atoms. The lowest BCUT2D eigenvalue weighted by Gasteiger charge is -2.27. The number of aryl methyl sites for hydroxylation is 1. The minimum atomic E-state index is -4.50. The van der Waals surface area contributed by atoms with Gasteiger partial charge in [0, 0.05) is 0 Å². The Morgan fingerprint density at radius 3 is 2.00 bits per heavy atom. The molecule has 2 unspecified atom stereocenters. The van der Waals surface area contributed by atoms with Gasteiger partial charge in [-0.3, -0.25) is 4.55 Å². The van der Waals surface area contributed by atoms with E-state index in [9.17, 15) is 13.0 Å². The summed E-state index contributed by atoms with van der Waals surface area (Å²) in [6, 6.07) is 21.2. The van der Waals surface area contributed by atoms with Crippen molar-refractivity contribution >= 4 is 10.1 Å². The van der Waals surface area contributed by atoms with E-state index in [0.29, 0.717) is 11.1 Å². The first-order valence-corrected chi connectivity index (χ1v) is 14.8. The molecule has 0 heterocycles. The number of hydrogen-bond acceptors (Lipinski definition) is 2. The third-order valence-electron chi connectivity index (χ3n) is 7.83. The van der Waals surface area contributed by atoms with Crippen molar-refractivity contribution in [1.29, 1.82) is 0 Å². The van der Waals surface area contributed by atoms with Gasteiger partial charge in [-0.25, -0.2) is 0 Å². The zero-order chi connectivity index (χ0) is 25.8. The first-order chi connectivity index (χ1) is 17.2. The molecular weight excluding hydrogens is 464 g/mol. The Kier molecular flexibility index (Phi) is 8.37. The Balaban J connectivity index is 1.48. The van der Waals surface area contributed by atoms with Crippen molar-refractivity contribution in [3.63, 3.8) is 0 Å². The van der Waals surface area contributed by atoms with E-state index in [0.717, 1.165) is 29.0 Å². The van der Waals surface area contributed by atoms with Crippen LogP contribution >= 0.6 is 0 Å². The van der Waals surface area contributed by atoms with Crippen LogP contribution in [0.3, 0.4) is 0 Å². The molecule has 0 aliphatic heterocycles. The fraction of sp³-hybridized carbons (Fsp3) is 0.406. The lowest BCUT2D eigenvalue weighted by atomic mass is 9.90. The minimum Gasteiger partial charge on any atom is -0.285 e. The molecule has 0 spiro atoms. The van der Waals surface area contributed by atoms with Crippen molar-refractivity contribution < 1.29 is 13.0 Å². The van der Waals surface area contributed by atoms with Crippen LogP contribution in [-0.4, -0.2) is 13.0 Å². The lowest BCUT2D eigenvalue weighted by molar-refractivity contribution is 0.461. The maximum absolute atomic E-state index is 12.5. The van der Waals surface area contributed by atoms with Gasteiger partial charge in [-0.15, -0.1) is 0 Å². The highest BCUT2D eigenvalue weighted by Crippen LogP contribution is 2.38. The highest BCUT2D eigenvalue weighted by atomic mass is 32.2. The predicted molar refractivity (Wildman–Crippen MR) is 150 cm³/mol. The fourth-order valence-electron chi connectivity index (χ4n) is 5.53. The number of hydrogen-bond donors (Lipinski definition) is 1. The van der Waals surface area contributed by atoms with E-state index < -0.39 is 14.9 Å². The zero-order valence-electron chi connectivity index (χ0n) is 21.7. The molecule has 4 heteroatoms. The van der Waals surface area contributed by atoms with Gasteiger partial charge in [-0.1, -0.05) is 118 Å². The smallest absolute Gasteiger partial charge is 0.279 e. The molecule has 0 aromatic heterocycles. The molecule has 3 nitrogen and oxygen atoms in total. The van der Waals surface area contributed by atoms with Crippen LogP contribution in [0.5, 0.6) is 0 Å². The number of fused-ring (bicyclic) bond motifs is 1. The third-order valence-corrected chi connectivity index (χ3v) is 9.18. The summed E-state index contributed by atoms with van der Waals surface area (Å²) < 4.78 is 33.4. The highest BCUT2D eigenvalue weighted by molar-refractivity contribution is 7.87. The molecule has 0 saturated heterocycles. The molecule has 0 amide bonds. The molecule has 36 heavy (non-hydrogen) atoms. The topological polar surface area (TPSA) is 54.4 Å². The van der Waals surface area contributed by atoms with Crippen molar-refractivity contribution in [3.05, 3.63) is 101 Å². The second-order valence-corrected chi connectivity index (χ2v) is 12.2. The molecule has 0 saturated carbocycles. The fourth-order valence-corrected chi connectivity index (χ4v) is 6.39. The van der Waals surface area contributed by atoms with Gasteiger partial charge in [-0.05, 0) is 72.4 Å². The summed E-state index contributed by atoms with van der Waals surface area (Å²) in [7, 11) is -4.50. The maximum atomic E-state index is 12.5. The van der Waals surface area contributed by atoms with E-state index >= 15 is 0 Å². The Morgan fingerprint density at radius 1 is 0.806 bits per heavy atom. The van der Waals surface area contributed by atoms with Crippen LogP contribution in [0.1, 0.15) is 79.7 Å². The molecule has 4 rings (SSSR count). The highest BCUT2D eigenvalue weighted by Gasteiger charge is 2.42. The normalized spacial score (nSPS) is 17.1. The maximum Gasteiger partial charge on any atom is 0.279 e. The number of rotatable bonds is 11. The predicted octanol–water partition coefficient (Wildman–Crippen LogP) is 8.09. The van der Waals surface area contributed by atoms with Crippen LogP contribution in [0.4, 0.5) is 0 Å². The molecule has 0 fully saturated rings. The summed E-state index contributed by atoms with van der Waals surface area (Å²) in [6.45, 7) is 8.17. The van der Waals surface area contributed by atoms with E-state index in [1.807, 2.05) is 31.2 Å². The van der Waals surface area contributed by atoms with Crippen molar-refractivity contribution in [2.75, 3.05) is 0 Å². The van der Waals surface area contributed by atoms with Crippen LogP contribution in [0, 0.1) is 19.8 Å².